The normalized spacial score (nSPS) is 19.8. The van der Waals surface area contributed by atoms with Crippen LogP contribution in [0.15, 0.2) is 38.6 Å². The van der Waals surface area contributed by atoms with Crippen molar-refractivity contribution in [3.05, 3.63) is 34.8 Å². The summed E-state index contributed by atoms with van der Waals surface area (Å²) in [4.78, 5) is 16.9. The molecule has 1 atom stereocenters. The summed E-state index contributed by atoms with van der Waals surface area (Å²) in [7, 11) is 0. The van der Waals surface area contributed by atoms with Crippen molar-refractivity contribution in [2.75, 3.05) is 0 Å². The third-order valence-corrected chi connectivity index (χ3v) is 2.61. The zero-order chi connectivity index (χ0) is 11.1. The molecule has 2 aromatic rings. The molecular formula is C11H10N2O3. The molecule has 1 aliphatic heterocycles. The molecule has 0 saturated carbocycles. The van der Waals surface area contributed by atoms with E-state index in [0.29, 0.717) is 12.0 Å². The fourth-order valence-corrected chi connectivity index (χ4v) is 1.87. The predicted molar refractivity (Wildman–Crippen MR) is 58.3 cm³/mol. The standard InChI is InChI=1S/C11H10N2O3/c1-7-6-10(16-12-7)13-8-4-2-3-5-9(8)15-11(13)14/h2-5,10H,6H2,1H3. The summed E-state index contributed by atoms with van der Waals surface area (Å²) in [6, 6.07) is 7.27. The van der Waals surface area contributed by atoms with Gasteiger partial charge in [-0.05, 0) is 19.1 Å². The van der Waals surface area contributed by atoms with Gasteiger partial charge >= 0.3 is 5.76 Å². The highest BCUT2D eigenvalue weighted by Crippen LogP contribution is 2.24. The lowest BCUT2D eigenvalue weighted by molar-refractivity contribution is 0.0304. The van der Waals surface area contributed by atoms with Crippen LogP contribution >= 0.6 is 0 Å². The van der Waals surface area contributed by atoms with E-state index in [1.807, 2.05) is 25.1 Å². The summed E-state index contributed by atoms with van der Waals surface area (Å²) in [6.45, 7) is 1.87. The third-order valence-electron chi connectivity index (χ3n) is 2.61. The molecule has 0 N–H and O–H groups in total. The number of benzene rings is 1. The summed E-state index contributed by atoms with van der Waals surface area (Å²) in [5.41, 5.74) is 2.19. The Morgan fingerprint density at radius 1 is 1.44 bits per heavy atom. The molecule has 1 unspecified atom stereocenters. The lowest BCUT2D eigenvalue weighted by Gasteiger charge is -2.08. The number of hydrogen-bond acceptors (Lipinski definition) is 4. The van der Waals surface area contributed by atoms with Crippen molar-refractivity contribution < 1.29 is 9.25 Å². The van der Waals surface area contributed by atoms with E-state index in [2.05, 4.69) is 5.16 Å². The zero-order valence-corrected chi connectivity index (χ0v) is 8.71. The number of nitrogens with zero attached hydrogens (tertiary/aromatic N) is 2. The van der Waals surface area contributed by atoms with E-state index >= 15 is 0 Å². The van der Waals surface area contributed by atoms with Crippen molar-refractivity contribution in [3.8, 4) is 0 Å². The van der Waals surface area contributed by atoms with Gasteiger partial charge in [0.1, 0.15) is 0 Å². The molecule has 0 aliphatic carbocycles. The van der Waals surface area contributed by atoms with E-state index in [1.54, 1.807) is 6.07 Å². The monoisotopic (exact) mass is 218 g/mol. The van der Waals surface area contributed by atoms with Gasteiger partial charge in [0.15, 0.2) is 5.58 Å². The summed E-state index contributed by atoms with van der Waals surface area (Å²) in [5.74, 6) is -0.406. The van der Waals surface area contributed by atoms with Crippen molar-refractivity contribution in [3.63, 3.8) is 0 Å². The molecule has 3 rings (SSSR count). The summed E-state index contributed by atoms with van der Waals surface area (Å²) >= 11 is 0. The van der Waals surface area contributed by atoms with Crippen molar-refractivity contribution in [1.82, 2.24) is 4.57 Å². The molecule has 0 bridgehead atoms. The van der Waals surface area contributed by atoms with Crippen molar-refractivity contribution in [2.45, 2.75) is 19.6 Å². The molecule has 82 valence electrons. The van der Waals surface area contributed by atoms with Crippen LogP contribution in [0.3, 0.4) is 0 Å². The lowest BCUT2D eigenvalue weighted by atomic mass is 10.2. The second-order valence-electron chi connectivity index (χ2n) is 3.80. The SMILES string of the molecule is CC1=NOC(n2c(=O)oc3ccccc32)C1. The lowest BCUT2D eigenvalue weighted by Crippen LogP contribution is -2.20. The average Bonchev–Trinajstić information content (AvgIpc) is 2.80. The predicted octanol–water partition coefficient (Wildman–Crippen LogP) is 1.89. The van der Waals surface area contributed by atoms with Gasteiger partial charge in [0.05, 0.1) is 11.2 Å². The Balaban J connectivity index is 2.16. The maximum atomic E-state index is 11.7. The van der Waals surface area contributed by atoms with Gasteiger partial charge in [0.2, 0.25) is 6.23 Å². The van der Waals surface area contributed by atoms with E-state index in [4.69, 9.17) is 9.25 Å². The minimum absolute atomic E-state index is 0.379. The molecule has 16 heavy (non-hydrogen) atoms. The second-order valence-corrected chi connectivity index (χ2v) is 3.80. The zero-order valence-electron chi connectivity index (χ0n) is 8.71. The first kappa shape index (κ1) is 9.21. The van der Waals surface area contributed by atoms with E-state index in [9.17, 15) is 4.79 Å². The maximum absolute atomic E-state index is 11.7. The van der Waals surface area contributed by atoms with Crippen LogP contribution in [-0.2, 0) is 4.84 Å². The number of para-hydroxylation sites is 2. The number of oxazole rings is 1. The molecule has 0 spiro atoms. The van der Waals surface area contributed by atoms with Gasteiger partial charge in [-0.15, -0.1) is 0 Å². The van der Waals surface area contributed by atoms with E-state index in [1.165, 1.54) is 4.57 Å². The average molecular weight is 218 g/mol. The largest absolute Gasteiger partial charge is 0.423 e. The number of aromatic nitrogens is 1. The molecule has 0 amide bonds. The smallest absolute Gasteiger partial charge is 0.408 e. The van der Waals surface area contributed by atoms with Gasteiger partial charge in [-0.25, -0.2) is 9.36 Å². The molecule has 0 radical (unpaired) electrons. The minimum atomic E-state index is -0.406. The first-order valence-electron chi connectivity index (χ1n) is 5.05. The highest BCUT2D eigenvalue weighted by Gasteiger charge is 2.24. The Bertz CT molecular complexity index is 623. The van der Waals surface area contributed by atoms with Crippen LogP contribution in [0.1, 0.15) is 19.6 Å². The topological polar surface area (TPSA) is 56.7 Å². The van der Waals surface area contributed by atoms with Crippen LogP contribution in [0.4, 0.5) is 0 Å². The molecule has 0 fully saturated rings. The molecule has 0 saturated heterocycles. The number of rotatable bonds is 1. The molecular weight excluding hydrogens is 208 g/mol. The first-order valence-corrected chi connectivity index (χ1v) is 5.05. The van der Waals surface area contributed by atoms with Crippen LogP contribution < -0.4 is 5.76 Å². The summed E-state index contributed by atoms with van der Waals surface area (Å²) in [5, 5.41) is 3.84. The number of fused-ring (bicyclic) bond motifs is 1. The highest BCUT2D eigenvalue weighted by atomic mass is 16.7. The highest BCUT2D eigenvalue weighted by molar-refractivity contribution is 5.83. The Labute approximate surface area is 90.9 Å². The maximum Gasteiger partial charge on any atom is 0.423 e. The molecule has 1 aromatic carbocycles. The van der Waals surface area contributed by atoms with Gasteiger partial charge in [0.25, 0.3) is 0 Å². The van der Waals surface area contributed by atoms with Gasteiger partial charge < -0.3 is 9.25 Å². The minimum Gasteiger partial charge on any atom is -0.408 e. The van der Waals surface area contributed by atoms with E-state index < -0.39 is 5.76 Å². The first-order chi connectivity index (χ1) is 7.75. The quantitative estimate of drug-likeness (QED) is 0.734. The summed E-state index contributed by atoms with van der Waals surface area (Å²) < 4.78 is 6.62. The Kier molecular flexibility index (Phi) is 1.86. The Hall–Kier alpha value is -2.04. The second kappa shape index (κ2) is 3.23. The van der Waals surface area contributed by atoms with Crippen LogP contribution in [0.25, 0.3) is 11.1 Å². The number of hydrogen-bond donors (Lipinski definition) is 0. The Morgan fingerprint density at radius 2 is 2.25 bits per heavy atom. The Morgan fingerprint density at radius 3 is 3.00 bits per heavy atom. The van der Waals surface area contributed by atoms with Gasteiger partial charge in [0, 0.05) is 6.42 Å². The molecule has 5 nitrogen and oxygen atoms in total. The van der Waals surface area contributed by atoms with Crippen LogP contribution in [0.5, 0.6) is 0 Å². The van der Waals surface area contributed by atoms with Crippen LogP contribution in [0.2, 0.25) is 0 Å². The molecule has 5 heteroatoms. The fraction of sp³-hybridized carbons (Fsp3) is 0.273. The molecule has 2 heterocycles. The van der Waals surface area contributed by atoms with Crippen molar-refractivity contribution >= 4 is 16.8 Å². The molecule has 1 aliphatic rings. The summed E-state index contributed by atoms with van der Waals surface area (Å²) in [6.07, 6.45) is 0.236. The van der Waals surface area contributed by atoms with E-state index in [-0.39, 0.29) is 6.23 Å². The van der Waals surface area contributed by atoms with Crippen LogP contribution in [0, 0.1) is 0 Å². The van der Waals surface area contributed by atoms with Crippen LogP contribution in [-0.4, -0.2) is 10.3 Å². The number of oxime groups is 1. The van der Waals surface area contributed by atoms with Gasteiger partial charge in [-0.3, -0.25) is 0 Å². The van der Waals surface area contributed by atoms with E-state index in [0.717, 1.165) is 11.2 Å². The fourth-order valence-electron chi connectivity index (χ4n) is 1.87. The van der Waals surface area contributed by atoms with Crippen molar-refractivity contribution in [1.29, 1.82) is 0 Å². The third kappa shape index (κ3) is 1.25. The molecule has 1 aromatic heterocycles. The van der Waals surface area contributed by atoms with Gasteiger partial charge in [-0.2, -0.15) is 0 Å². The van der Waals surface area contributed by atoms with Gasteiger partial charge in [-0.1, -0.05) is 17.3 Å². The van der Waals surface area contributed by atoms with Crippen molar-refractivity contribution in [2.24, 2.45) is 5.16 Å².